The predicted octanol–water partition coefficient (Wildman–Crippen LogP) is -6.48. The van der Waals surface area contributed by atoms with E-state index in [1.807, 2.05) is 0 Å². The van der Waals surface area contributed by atoms with Crippen molar-refractivity contribution >= 4 is 5.97 Å². The van der Waals surface area contributed by atoms with Crippen molar-refractivity contribution in [3.8, 4) is 0 Å². The maximum Gasteiger partial charge on any atom is 0.360 e. The number of hydrogen-bond donors (Lipinski definition) is 9. The van der Waals surface area contributed by atoms with Crippen molar-refractivity contribution in [2.75, 3.05) is 13.2 Å². The lowest BCUT2D eigenvalue weighted by Crippen LogP contribution is -2.74. The van der Waals surface area contributed by atoms with E-state index in [0.29, 0.717) is 0 Å². The lowest BCUT2D eigenvalue weighted by atomic mass is 9.79. The van der Waals surface area contributed by atoms with E-state index in [-0.39, 0.29) is 0 Å². The van der Waals surface area contributed by atoms with Crippen LogP contribution in [-0.4, -0.2) is 119 Å². The number of cyclic esters (lactones) is 1. The van der Waals surface area contributed by atoms with Crippen LogP contribution in [0.15, 0.2) is 0 Å². The third-order valence-electron chi connectivity index (χ3n) is 4.33. The Balaban J connectivity index is 2.39. The lowest BCUT2D eigenvalue weighted by molar-refractivity contribution is -0.379. The van der Waals surface area contributed by atoms with Gasteiger partial charge in [-0.05, 0) is 0 Å². The number of epoxide rings is 1. The molecule has 2 heterocycles. The molecule has 0 aromatic rings. The highest BCUT2D eigenvalue weighted by molar-refractivity contribution is 5.95. The van der Waals surface area contributed by atoms with Crippen molar-refractivity contribution in [3.05, 3.63) is 0 Å². The van der Waals surface area contributed by atoms with E-state index < -0.39 is 73.3 Å². The molecule has 0 aromatic carbocycles. The predicted molar refractivity (Wildman–Crippen MR) is 68.9 cm³/mol. The molecular formula is C12H20O12. The van der Waals surface area contributed by atoms with Crippen LogP contribution in [0.4, 0.5) is 0 Å². The number of aliphatic hydroxyl groups excluding tert-OH is 8. The van der Waals surface area contributed by atoms with Gasteiger partial charge in [-0.1, -0.05) is 0 Å². The first kappa shape index (κ1) is 19.4. The van der Waals surface area contributed by atoms with Gasteiger partial charge < -0.3 is 55.4 Å². The molecule has 0 bridgehead atoms. The molecular weight excluding hydrogens is 336 g/mol. The summed E-state index contributed by atoms with van der Waals surface area (Å²) in [5, 5.41) is 87.1. The molecule has 2 fully saturated rings. The van der Waals surface area contributed by atoms with E-state index >= 15 is 0 Å². The van der Waals surface area contributed by atoms with Crippen LogP contribution < -0.4 is 0 Å². The third kappa shape index (κ3) is 2.52. The largest absolute Gasteiger partial charge is 0.435 e. The summed E-state index contributed by atoms with van der Waals surface area (Å²) in [6, 6.07) is 0. The quantitative estimate of drug-likeness (QED) is 0.203. The van der Waals surface area contributed by atoms with Crippen LogP contribution in [0.5, 0.6) is 0 Å². The van der Waals surface area contributed by atoms with Gasteiger partial charge in [0.25, 0.3) is 11.4 Å². The molecule has 0 radical (unpaired) electrons. The van der Waals surface area contributed by atoms with Crippen LogP contribution in [0.1, 0.15) is 0 Å². The maximum atomic E-state index is 11.7. The summed E-state index contributed by atoms with van der Waals surface area (Å²) in [6.45, 7) is -1.94. The molecule has 9 atom stereocenters. The van der Waals surface area contributed by atoms with Gasteiger partial charge in [0.1, 0.15) is 42.7 Å². The molecule has 2 aliphatic rings. The fourth-order valence-electron chi connectivity index (χ4n) is 2.75. The standard InChI is InChI=1S/C12H20O12/c13-1-3(15)5(16)8(19)11(10(21)24-11)12(22)9(20)7(18)6(17)4(2-14)23-12/h3-9,13-20,22H,1-2H2/t3?,4-,5?,6+,7+,8?,9-,11?,12+/m1/s1. The summed E-state index contributed by atoms with van der Waals surface area (Å²) in [4.78, 5) is 11.7. The fourth-order valence-corrected chi connectivity index (χ4v) is 2.75. The van der Waals surface area contributed by atoms with Gasteiger partial charge in [-0.3, -0.25) is 0 Å². The Labute approximate surface area is 134 Å². The Morgan fingerprint density at radius 1 is 1.08 bits per heavy atom. The summed E-state index contributed by atoms with van der Waals surface area (Å²) >= 11 is 0. The van der Waals surface area contributed by atoms with Crippen molar-refractivity contribution in [3.63, 3.8) is 0 Å². The van der Waals surface area contributed by atoms with E-state index in [1.54, 1.807) is 0 Å². The Bertz CT molecular complexity index is 485. The molecule has 140 valence electrons. The van der Waals surface area contributed by atoms with Crippen molar-refractivity contribution < 1.29 is 60.2 Å². The van der Waals surface area contributed by atoms with Crippen molar-refractivity contribution in [2.24, 2.45) is 0 Å². The minimum Gasteiger partial charge on any atom is -0.435 e. The van der Waals surface area contributed by atoms with Gasteiger partial charge >= 0.3 is 5.97 Å². The highest BCUT2D eigenvalue weighted by Gasteiger charge is 2.82. The second-order valence-corrected chi connectivity index (χ2v) is 5.77. The molecule has 24 heavy (non-hydrogen) atoms. The lowest BCUT2D eigenvalue weighted by Gasteiger charge is -2.47. The molecule has 9 N–H and O–H groups in total. The number of carbonyl (C=O) groups is 1. The highest BCUT2D eigenvalue weighted by Crippen LogP contribution is 2.50. The molecule has 0 amide bonds. The Morgan fingerprint density at radius 2 is 1.62 bits per heavy atom. The van der Waals surface area contributed by atoms with Crippen LogP contribution in [0.2, 0.25) is 0 Å². The van der Waals surface area contributed by atoms with E-state index in [1.165, 1.54) is 0 Å². The van der Waals surface area contributed by atoms with Crippen LogP contribution in [0.3, 0.4) is 0 Å². The van der Waals surface area contributed by atoms with Crippen LogP contribution in [0.25, 0.3) is 0 Å². The number of hydrogen-bond acceptors (Lipinski definition) is 12. The third-order valence-corrected chi connectivity index (χ3v) is 4.33. The van der Waals surface area contributed by atoms with Gasteiger partial charge in [-0.25, -0.2) is 4.79 Å². The first-order chi connectivity index (χ1) is 11.1. The van der Waals surface area contributed by atoms with E-state index in [4.69, 9.17) is 14.9 Å². The average molecular weight is 356 g/mol. The topological polar surface area (TPSA) is 221 Å². The minimum absolute atomic E-state index is 0.935. The van der Waals surface area contributed by atoms with E-state index in [2.05, 4.69) is 4.74 Å². The van der Waals surface area contributed by atoms with Gasteiger partial charge in [0, 0.05) is 0 Å². The monoisotopic (exact) mass is 356 g/mol. The van der Waals surface area contributed by atoms with Gasteiger partial charge in [0.05, 0.1) is 13.2 Å². The second kappa shape index (κ2) is 6.42. The molecule has 12 nitrogen and oxygen atoms in total. The Morgan fingerprint density at radius 3 is 2.04 bits per heavy atom. The zero-order valence-electron chi connectivity index (χ0n) is 12.2. The first-order valence-corrected chi connectivity index (χ1v) is 7.02. The molecule has 0 aromatic heterocycles. The summed E-state index contributed by atoms with van der Waals surface area (Å²) in [6.07, 6.45) is -14.5. The number of rotatable bonds is 6. The zero-order chi connectivity index (χ0) is 18.4. The molecule has 2 aliphatic heterocycles. The smallest absolute Gasteiger partial charge is 0.360 e. The molecule has 2 saturated heterocycles. The second-order valence-electron chi connectivity index (χ2n) is 5.77. The normalized spacial score (nSPS) is 46.1. The van der Waals surface area contributed by atoms with Crippen molar-refractivity contribution in [1.29, 1.82) is 0 Å². The maximum absolute atomic E-state index is 11.7. The van der Waals surface area contributed by atoms with Crippen LogP contribution >= 0.6 is 0 Å². The van der Waals surface area contributed by atoms with Gasteiger partial charge in [-0.15, -0.1) is 0 Å². The van der Waals surface area contributed by atoms with Crippen molar-refractivity contribution in [1.82, 2.24) is 0 Å². The zero-order valence-corrected chi connectivity index (χ0v) is 12.2. The first-order valence-electron chi connectivity index (χ1n) is 7.02. The van der Waals surface area contributed by atoms with E-state index in [9.17, 15) is 40.5 Å². The number of aliphatic hydroxyl groups is 9. The Kier molecular flexibility index (Phi) is 5.19. The molecule has 12 heteroatoms. The molecule has 2 rings (SSSR count). The van der Waals surface area contributed by atoms with Crippen LogP contribution in [0, 0.1) is 0 Å². The molecule has 0 aliphatic carbocycles. The number of ether oxygens (including phenoxy) is 2. The molecule has 4 unspecified atom stereocenters. The minimum atomic E-state index is -3.16. The summed E-state index contributed by atoms with van der Waals surface area (Å²) in [5.41, 5.74) is -2.81. The van der Waals surface area contributed by atoms with Crippen LogP contribution in [-0.2, 0) is 14.3 Å². The summed E-state index contributed by atoms with van der Waals surface area (Å²) < 4.78 is 9.41. The highest BCUT2D eigenvalue weighted by atomic mass is 16.7. The van der Waals surface area contributed by atoms with Gasteiger partial charge in [0.15, 0.2) is 0 Å². The summed E-state index contributed by atoms with van der Waals surface area (Å²) in [5.74, 6) is -4.51. The number of carbonyl (C=O) groups excluding carboxylic acids is 1. The average Bonchev–Trinajstić information content (AvgIpc) is 3.27. The Hall–Kier alpha value is -0.930. The van der Waals surface area contributed by atoms with Gasteiger partial charge in [-0.2, -0.15) is 0 Å². The SMILES string of the molecule is O=C1OC1(C(O)C(O)C(O)CO)[C@@]1(O)O[C@H](CO)[C@H](O)[C@H](O)[C@H]1O. The van der Waals surface area contributed by atoms with Crippen molar-refractivity contribution in [2.45, 2.75) is 54.1 Å². The molecule has 0 saturated carbocycles. The van der Waals surface area contributed by atoms with Gasteiger partial charge in [0.2, 0.25) is 0 Å². The fraction of sp³-hybridized carbons (Fsp3) is 0.917. The summed E-state index contributed by atoms with van der Waals surface area (Å²) in [7, 11) is 0. The molecule has 0 spiro atoms. The van der Waals surface area contributed by atoms with E-state index in [0.717, 1.165) is 0 Å².